The fraction of sp³-hybridized carbons (Fsp3) is 0.417. The van der Waals surface area contributed by atoms with Crippen LogP contribution in [0.4, 0.5) is 13.2 Å². The predicted octanol–water partition coefficient (Wildman–Crippen LogP) is 2.42. The van der Waals surface area contributed by atoms with E-state index in [-0.39, 0.29) is 5.56 Å². The van der Waals surface area contributed by atoms with E-state index in [1.54, 1.807) is 19.1 Å². The van der Waals surface area contributed by atoms with Crippen molar-refractivity contribution in [2.75, 3.05) is 6.54 Å². The molecule has 1 amide bonds. The van der Waals surface area contributed by atoms with E-state index in [1.165, 1.54) is 12.1 Å². The standard InChI is InChI=1S/C12H14F3NO2/c1-8(17)9-2-4-10(5-3-9)11(18)16-7-6-12(13,14)15/h2-5,8,17H,6-7H2,1H3,(H,16,18). The van der Waals surface area contributed by atoms with Gasteiger partial charge in [-0.1, -0.05) is 12.1 Å². The van der Waals surface area contributed by atoms with E-state index in [2.05, 4.69) is 5.32 Å². The van der Waals surface area contributed by atoms with Crippen LogP contribution in [0.15, 0.2) is 24.3 Å². The van der Waals surface area contributed by atoms with E-state index < -0.39 is 31.2 Å². The molecule has 1 unspecified atom stereocenters. The van der Waals surface area contributed by atoms with E-state index in [9.17, 15) is 23.1 Å². The van der Waals surface area contributed by atoms with Crippen LogP contribution in [-0.2, 0) is 0 Å². The summed E-state index contributed by atoms with van der Waals surface area (Å²) in [6.45, 7) is 1.14. The molecule has 0 spiro atoms. The predicted molar refractivity (Wildman–Crippen MR) is 60.1 cm³/mol. The number of halogens is 3. The number of amides is 1. The van der Waals surface area contributed by atoms with Gasteiger partial charge in [-0.2, -0.15) is 13.2 Å². The van der Waals surface area contributed by atoms with Gasteiger partial charge in [-0.05, 0) is 24.6 Å². The topological polar surface area (TPSA) is 49.3 Å². The summed E-state index contributed by atoms with van der Waals surface area (Å²) < 4.78 is 35.6. The Kier molecular flexibility index (Phi) is 4.72. The summed E-state index contributed by atoms with van der Waals surface area (Å²) in [7, 11) is 0. The minimum Gasteiger partial charge on any atom is -0.389 e. The lowest BCUT2D eigenvalue weighted by Gasteiger charge is -2.09. The average molecular weight is 261 g/mol. The molecule has 100 valence electrons. The first-order valence-electron chi connectivity index (χ1n) is 5.42. The Balaban J connectivity index is 2.52. The maximum Gasteiger partial charge on any atom is 0.390 e. The molecule has 6 heteroatoms. The molecule has 0 radical (unpaired) electrons. The Morgan fingerprint density at radius 3 is 2.33 bits per heavy atom. The van der Waals surface area contributed by atoms with Crippen LogP contribution in [0.2, 0.25) is 0 Å². The number of rotatable bonds is 4. The molecule has 0 heterocycles. The smallest absolute Gasteiger partial charge is 0.389 e. The molecule has 2 N–H and O–H groups in total. The van der Waals surface area contributed by atoms with E-state index in [4.69, 9.17) is 0 Å². The van der Waals surface area contributed by atoms with Crippen molar-refractivity contribution in [3.8, 4) is 0 Å². The van der Waals surface area contributed by atoms with Crippen LogP contribution < -0.4 is 5.32 Å². The number of nitrogens with one attached hydrogen (secondary N) is 1. The van der Waals surface area contributed by atoms with Crippen LogP contribution in [0.25, 0.3) is 0 Å². The summed E-state index contributed by atoms with van der Waals surface area (Å²) in [6, 6.07) is 6.04. The molecular formula is C12H14F3NO2. The molecule has 1 aromatic rings. The Labute approximate surface area is 103 Å². The highest BCUT2D eigenvalue weighted by Gasteiger charge is 2.26. The van der Waals surface area contributed by atoms with Crippen LogP contribution in [0.3, 0.4) is 0 Å². The number of carbonyl (C=O) groups excluding carboxylic acids is 1. The van der Waals surface area contributed by atoms with Crippen LogP contribution in [0.5, 0.6) is 0 Å². The van der Waals surface area contributed by atoms with Crippen molar-refractivity contribution in [3.63, 3.8) is 0 Å². The molecule has 0 bridgehead atoms. The van der Waals surface area contributed by atoms with Gasteiger partial charge in [0.2, 0.25) is 0 Å². The van der Waals surface area contributed by atoms with Crippen LogP contribution >= 0.6 is 0 Å². The second-order valence-electron chi connectivity index (χ2n) is 3.92. The van der Waals surface area contributed by atoms with Crippen LogP contribution in [0.1, 0.15) is 35.4 Å². The number of hydrogen-bond donors (Lipinski definition) is 2. The minimum absolute atomic E-state index is 0.265. The summed E-state index contributed by atoms with van der Waals surface area (Å²) in [5.41, 5.74) is 0.906. The van der Waals surface area contributed by atoms with Gasteiger partial charge < -0.3 is 10.4 Å². The van der Waals surface area contributed by atoms with Crippen LogP contribution in [0, 0.1) is 0 Å². The lowest BCUT2D eigenvalue weighted by Crippen LogP contribution is -2.27. The second kappa shape index (κ2) is 5.86. The van der Waals surface area contributed by atoms with Crippen molar-refractivity contribution < 1.29 is 23.1 Å². The molecule has 0 aromatic heterocycles. The van der Waals surface area contributed by atoms with Gasteiger partial charge in [0.25, 0.3) is 5.91 Å². The first-order chi connectivity index (χ1) is 8.29. The molecule has 0 fully saturated rings. The van der Waals surface area contributed by atoms with Crippen molar-refractivity contribution in [2.24, 2.45) is 0 Å². The third kappa shape index (κ3) is 4.75. The highest BCUT2D eigenvalue weighted by atomic mass is 19.4. The maximum absolute atomic E-state index is 11.9. The van der Waals surface area contributed by atoms with E-state index in [1.807, 2.05) is 0 Å². The quantitative estimate of drug-likeness (QED) is 0.874. The fourth-order valence-corrected chi connectivity index (χ4v) is 1.33. The molecule has 1 rings (SSSR count). The Hall–Kier alpha value is -1.56. The number of alkyl halides is 3. The third-order valence-corrected chi connectivity index (χ3v) is 2.35. The normalized spacial score (nSPS) is 13.2. The molecule has 0 saturated carbocycles. The third-order valence-electron chi connectivity index (χ3n) is 2.35. The SMILES string of the molecule is CC(O)c1ccc(C(=O)NCCC(F)(F)F)cc1. The molecule has 0 aliphatic rings. The van der Waals surface area contributed by atoms with Gasteiger partial charge in [-0.15, -0.1) is 0 Å². The molecule has 18 heavy (non-hydrogen) atoms. The van der Waals surface area contributed by atoms with Crippen molar-refractivity contribution >= 4 is 5.91 Å². The summed E-state index contributed by atoms with van der Waals surface area (Å²) in [6.07, 6.45) is -5.97. The van der Waals surface area contributed by atoms with E-state index in [0.717, 1.165) is 0 Å². The highest BCUT2D eigenvalue weighted by Crippen LogP contribution is 2.18. The Morgan fingerprint density at radius 2 is 1.89 bits per heavy atom. The molecule has 0 saturated heterocycles. The molecule has 0 aliphatic carbocycles. The van der Waals surface area contributed by atoms with Gasteiger partial charge >= 0.3 is 6.18 Å². The van der Waals surface area contributed by atoms with Gasteiger partial charge in [0, 0.05) is 12.1 Å². The monoisotopic (exact) mass is 261 g/mol. The van der Waals surface area contributed by atoms with Crippen molar-refractivity contribution in [3.05, 3.63) is 35.4 Å². The van der Waals surface area contributed by atoms with Crippen LogP contribution in [-0.4, -0.2) is 23.7 Å². The molecule has 0 aliphatic heterocycles. The summed E-state index contributed by atoms with van der Waals surface area (Å²) in [5, 5.41) is 11.4. The van der Waals surface area contributed by atoms with Gasteiger partial charge in [0.1, 0.15) is 0 Å². The minimum atomic E-state index is -4.27. The molecular weight excluding hydrogens is 247 g/mol. The summed E-state index contributed by atoms with van der Waals surface area (Å²) in [5.74, 6) is -0.559. The number of hydrogen-bond acceptors (Lipinski definition) is 2. The maximum atomic E-state index is 11.9. The largest absolute Gasteiger partial charge is 0.390 e. The van der Waals surface area contributed by atoms with E-state index in [0.29, 0.717) is 5.56 Å². The Morgan fingerprint density at radius 1 is 1.33 bits per heavy atom. The average Bonchev–Trinajstić information content (AvgIpc) is 2.27. The summed E-state index contributed by atoms with van der Waals surface area (Å²) >= 11 is 0. The number of aliphatic hydroxyl groups excluding tert-OH is 1. The molecule has 1 aromatic carbocycles. The highest BCUT2D eigenvalue weighted by molar-refractivity contribution is 5.94. The van der Waals surface area contributed by atoms with Gasteiger partial charge in [-0.25, -0.2) is 0 Å². The summed E-state index contributed by atoms with van der Waals surface area (Å²) in [4.78, 5) is 11.5. The number of carbonyl (C=O) groups is 1. The van der Waals surface area contributed by atoms with Gasteiger partial charge in [0.15, 0.2) is 0 Å². The second-order valence-corrected chi connectivity index (χ2v) is 3.92. The lowest BCUT2D eigenvalue weighted by atomic mass is 10.1. The van der Waals surface area contributed by atoms with Gasteiger partial charge in [-0.3, -0.25) is 4.79 Å². The first kappa shape index (κ1) is 14.5. The Bertz CT molecular complexity index is 399. The number of aliphatic hydroxyl groups is 1. The molecule has 3 nitrogen and oxygen atoms in total. The zero-order valence-electron chi connectivity index (χ0n) is 9.79. The first-order valence-corrected chi connectivity index (χ1v) is 5.42. The zero-order valence-corrected chi connectivity index (χ0v) is 9.79. The van der Waals surface area contributed by atoms with E-state index >= 15 is 0 Å². The fourth-order valence-electron chi connectivity index (χ4n) is 1.33. The lowest BCUT2D eigenvalue weighted by molar-refractivity contribution is -0.132. The number of benzene rings is 1. The molecule has 1 atom stereocenters. The zero-order chi connectivity index (χ0) is 13.8. The van der Waals surface area contributed by atoms with Crippen molar-refractivity contribution in [1.29, 1.82) is 0 Å². The van der Waals surface area contributed by atoms with Crippen molar-refractivity contribution in [2.45, 2.75) is 25.6 Å². The van der Waals surface area contributed by atoms with Crippen molar-refractivity contribution in [1.82, 2.24) is 5.32 Å². The van der Waals surface area contributed by atoms with Gasteiger partial charge in [0.05, 0.1) is 12.5 Å².